The minimum Gasteiger partial charge on any atom is -0.394 e. The summed E-state index contributed by atoms with van der Waals surface area (Å²) < 4.78 is 17.0. The zero-order valence-electron chi connectivity index (χ0n) is 37.6. The molecule has 2 aromatic rings. The molecule has 1 aliphatic heterocycles. The molecule has 0 radical (unpaired) electrons. The summed E-state index contributed by atoms with van der Waals surface area (Å²) in [6.07, 6.45) is 14.0. The summed E-state index contributed by atoms with van der Waals surface area (Å²) in [4.78, 5) is 25.8. The van der Waals surface area contributed by atoms with Crippen molar-refractivity contribution in [1.82, 2.24) is 5.32 Å². The number of nitrogens with one attached hydrogen (secondary N) is 1. The van der Waals surface area contributed by atoms with E-state index in [1.807, 2.05) is 54.6 Å². The van der Waals surface area contributed by atoms with E-state index in [0.29, 0.717) is 37.2 Å². The number of hydrogen-bond donors (Lipinski definition) is 7. The quantitative estimate of drug-likeness (QED) is 0.0266. The molecule has 8 atom stereocenters. The second kappa shape index (κ2) is 32.8. The molecule has 0 aliphatic carbocycles. The molecule has 12 nitrogen and oxygen atoms in total. The largest absolute Gasteiger partial charge is 0.394 e. The van der Waals surface area contributed by atoms with Gasteiger partial charge in [-0.25, -0.2) is 0 Å². The third kappa shape index (κ3) is 21.3. The smallest absolute Gasteiger partial charge is 0.220 e. The molecule has 1 amide bonds. The van der Waals surface area contributed by atoms with E-state index in [9.17, 15) is 40.2 Å². The molecule has 2 aromatic carbocycles. The third-order valence-corrected chi connectivity index (χ3v) is 12.0. The maximum atomic E-state index is 13.1. The highest BCUT2D eigenvalue weighted by molar-refractivity contribution is 6.09. The molecule has 5 unspecified atom stereocenters. The Labute approximate surface area is 371 Å². The van der Waals surface area contributed by atoms with Crippen LogP contribution in [0, 0.1) is 0 Å². The number of ether oxygens (including phenoxy) is 3. The lowest BCUT2D eigenvalue weighted by Crippen LogP contribution is -2.60. The van der Waals surface area contributed by atoms with Gasteiger partial charge in [0.25, 0.3) is 0 Å². The minimum atomic E-state index is -1.62. The first-order valence-electron chi connectivity index (χ1n) is 24.0. The van der Waals surface area contributed by atoms with Crippen LogP contribution in [0.3, 0.4) is 0 Å². The summed E-state index contributed by atoms with van der Waals surface area (Å²) in [5, 5.41) is 65.3. The summed E-state index contributed by atoms with van der Waals surface area (Å²) in [7, 11) is 0. The topological polar surface area (TPSA) is 195 Å². The van der Waals surface area contributed by atoms with Crippen LogP contribution in [0.5, 0.6) is 0 Å². The standard InChI is InChI=1S/C50H81NO11/c1-2-3-4-5-6-7-8-9-11-14-17-23-31-42(53)46(56)41(37-61-50-49(59)48(58)47(57)43(35-52)62-50)51-44(54)32-24-18-15-12-10-13-16-19-25-33-60-36-38-27-26-30-40(34-38)45(55)39-28-21-20-22-29-39/h20-22,26-30,34,41-43,46-50,52-53,56-59H,2-19,23-25,31-33,35-37H2,1H3,(H,51,54)/t41-,42+,43?,46-,47?,48?,49?,50?/m0/s1. The fraction of sp³-hybridized carbons (Fsp3) is 0.720. The predicted octanol–water partition coefficient (Wildman–Crippen LogP) is 7.45. The summed E-state index contributed by atoms with van der Waals surface area (Å²) in [6, 6.07) is 15.9. The van der Waals surface area contributed by atoms with Crippen molar-refractivity contribution in [3.63, 3.8) is 0 Å². The van der Waals surface area contributed by atoms with Gasteiger partial charge >= 0.3 is 0 Å². The Morgan fingerprint density at radius 2 is 1.24 bits per heavy atom. The van der Waals surface area contributed by atoms with Crippen LogP contribution in [-0.4, -0.2) is 111 Å². The van der Waals surface area contributed by atoms with Gasteiger partial charge in [-0.05, 0) is 30.9 Å². The van der Waals surface area contributed by atoms with E-state index in [2.05, 4.69) is 12.2 Å². The van der Waals surface area contributed by atoms with Crippen LogP contribution in [0.4, 0.5) is 0 Å². The van der Waals surface area contributed by atoms with E-state index in [1.165, 1.54) is 51.4 Å². The van der Waals surface area contributed by atoms with Crippen LogP contribution in [0.1, 0.15) is 176 Å². The number of unbranched alkanes of at least 4 members (excludes halogenated alkanes) is 19. The van der Waals surface area contributed by atoms with Crippen molar-refractivity contribution in [3.8, 4) is 0 Å². The number of carbonyl (C=O) groups excluding carboxylic acids is 2. The van der Waals surface area contributed by atoms with Crippen molar-refractivity contribution in [2.45, 2.75) is 210 Å². The number of benzene rings is 2. The number of ketones is 1. The van der Waals surface area contributed by atoms with Crippen LogP contribution >= 0.6 is 0 Å². The van der Waals surface area contributed by atoms with Gasteiger partial charge in [-0.2, -0.15) is 0 Å². The Bertz CT molecular complexity index is 1450. The van der Waals surface area contributed by atoms with Gasteiger partial charge in [0.1, 0.15) is 30.5 Å². The number of hydrogen-bond acceptors (Lipinski definition) is 11. The SMILES string of the molecule is CCCCCCCCCCCCCC[C@@H](O)[C@@H](O)[C@H](COC1OC(CO)C(O)C(O)C1O)NC(=O)CCCCCCCCCCCOCc1cccc(C(=O)c2ccccc2)c1. The average molecular weight is 872 g/mol. The van der Waals surface area contributed by atoms with Gasteiger partial charge in [-0.3, -0.25) is 9.59 Å². The Morgan fingerprint density at radius 1 is 0.677 bits per heavy atom. The first kappa shape index (κ1) is 53.6. The lowest BCUT2D eigenvalue weighted by Gasteiger charge is -2.40. The Kier molecular flexibility index (Phi) is 28.3. The zero-order chi connectivity index (χ0) is 44.8. The number of rotatable bonds is 36. The molecular weight excluding hydrogens is 791 g/mol. The van der Waals surface area contributed by atoms with Crippen LogP contribution in [-0.2, 0) is 25.6 Å². The van der Waals surface area contributed by atoms with E-state index in [4.69, 9.17) is 14.2 Å². The lowest BCUT2D eigenvalue weighted by atomic mass is 9.98. The summed E-state index contributed by atoms with van der Waals surface area (Å²) >= 11 is 0. The second-order valence-electron chi connectivity index (χ2n) is 17.3. The van der Waals surface area contributed by atoms with Crippen LogP contribution in [0.25, 0.3) is 0 Å². The molecule has 1 aliphatic rings. The van der Waals surface area contributed by atoms with Crippen molar-refractivity contribution in [1.29, 1.82) is 0 Å². The number of aliphatic hydroxyl groups excluding tert-OH is 6. The van der Waals surface area contributed by atoms with Crippen LogP contribution in [0.2, 0.25) is 0 Å². The minimum absolute atomic E-state index is 0.00952. The van der Waals surface area contributed by atoms with E-state index in [1.54, 1.807) is 0 Å². The van der Waals surface area contributed by atoms with Gasteiger partial charge in [-0.1, -0.05) is 177 Å². The second-order valence-corrected chi connectivity index (χ2v) is 17.3. The predicted molar refractivity (Wildman–Crippen MR) is 242 cm³/mol. The molecule has 352 valence electrons. The van der Waals surface area contributed by atoms with E-state index in [-0.39, 0.29) is 24.7 Å². The van der Waals surface area contributed by atoms with E-state index < -0.39 is 55.6 Å². The molecule has 1 fully saturated rings. The highest BCUT2D eigenvalue weighted by Gasteiger charge is 2.44. The molecule has 0 spiro atoms. The maximum absolute atomic E-state index is 13.1. The third-order valence-electron chi connectivity index (χ3n) is 12.0. The Hall–Kier alpha value is -2.78. The molecule has 0 bridgehead atoms. The van der Waals surface area contributed by atoms with Crippen molar-refractivity contribution in [2.24, 2.45) is 0 Å². The number of aliphatic hydroxyl groups is 6. The van der Waals surface area contributed by atoms with Gasteiger partial charge < -0.3 is 50.2 Å². The van der Waals surface area contributed by atoms with Gasteiger partial charge in [0.15, 0.2) is 12.1 Å². The molecule has 1 saturated heterocycles. The normalized spacial score (nSPS) is 20.5. The van der Waals surface area contributed by atoms with Gasteiger partial charge in [0, 0.05) is 24.2 Å². The fourth-order valence-corrected chi connectivity index (χ4v) is 8.02. The molecule has 7 N–H and O–H groups in total. The first-order valence-corrected chi connectivity index (χ1v) is 24.0. The molecule has 0 saturated carbocycles. The first-order chi connectivity index (χ1) is 30.2. The van der Waals surface area contributed by atoms with E-state index in [0.717, 1.165) is 82.6 Å². The van der Waals surface area contributed by atoms with Crippen LogP contribution < -0.4 is 5.32 Å². The van der Waals surface area contributed by atoms with Crippen molar-refractivity contribution < 1.29 is 54.4 Å². The molecular formula is C50H81NO11. The molecule has 62 heavy (non-hydrogen) atoms. The van der Waals surface area contributed by atoms with Crippen molar-refractivity contribution in [3.05, 3.63) is 71.3 Å². The Morgan fingerprint density at radius 3 is 1.85 bits per heavy atom. The summed E-state index contributed by atoms with van der Waals surface area (Å²) in [5.41, 5.74) is 2.33. The average Bonchev–Trinajstić information content (AvgIpc) is 3.29. The van der Waals surface area contributed by atoms with Crippen LogP contribution in [0.15, 0.2) is 54.6 Å². The van der Waals surface area contributed by atoms with Crippen molar-refractivity contribution >= 4 is 11.7 Å². The fourth-order valence-electron chi connectivity index (χ4n) is 8.02. The van der Waals surface area contributed by atoms with Crippen molar-refractivity contribution in [2.75, 3.05) is 19.8 Å². The zero-order valence-corrected chi connectivity index (χ0v) is 37.6. The highest BCUT2D eigenvalue weighted by atomic mass is 16.7. The Balaban J connectivity index is 1.29. The molecule has 3 rings (SSSR count). The number of carbonyl (C=O) groups is 2. The van der Waals surface area contributed by atoms with E-state index >= 15 is 0 Å². The molecule has 0 aromatic heterocycles. The summed E-state index contributed by atoms with van der Waals surface area (Å²) in [5.74, 6) is -0.283. The maximum Gasteiger partial charge on any atom is 0.220 e. The molecule has 12 heteroatoms. The van der Waals surface area contributed by atoms with Gasteiger partial charge in [-0.15, -0.1) is 0 Å². The lowest BCUT2D eigenvalue weighted by molar-refractivity contribution is -0.303. The molecule has 1 heterocycles. The monoisotopic (exact) mass is 872 g/mol. The number of amides is 1. The van der Waals surface area contributed by atoms with Gasteiger partial charge in [0.05, 0.1) is 32.0 Å². The van der Waals surface area contributed by atoms with Gasteiger partial charge in [0.2, 0.25) is 5.91 Å². The summed E-state index contributed by atoms with van der Waals surface area (Å²) in [6.45, 7) is 2.44. The highest BCUT2D eigenvalue weighted by Crippen LogP contribution is 2.23.